The van der Waals surface area contributed by atoms with Crippen molar-refractivity contribution in [3.05, 3.63) is 33.8 Å². The molecule has 2 unspecified atom stereocenters. The minimum absolute atomic E-state index is 0.131. The van der Waals surface area contributed by atoms with Gasteiger partial charge in [-0.25, -0.2) is 8.78 Å². The summed E-state index contributed by atoms with van der Waals surface area (Å²) in [6.07, 6.45) is 1.71. The molecule has 1 nitrogen and oxygen atoms in total. The summed E-state index contributed by atoms with van der Waals surface area (Å²) in [6, 6.07) is 2.53. The van der Waals surface area contributed by atoms with Crippen LogP contribution in [0.15, 0.2) is 16.6 Å². The van der Waals surface area contributed by atoms with E-state index in [4.69, 9.17) is 0 Å². The Morgan fingerprint density at radius 3 is 2.47 bits per heavy atom. The van der Waals surface area contributed by atoms with E-state index in [2.05, 4.69) is 15.9 Å². The van der Waals surface area contributed by atoms with Gasteiger partial charge in [-0.3, -0.25) is 0 Å². The Balaban J connectivity index is 2.53. The van der Waals surface area contributed by atoms with Crippen molar-refractivity contribution in [2.75, 3.05) is 0 Å². The van der Waals surface area contributed by atoms with E-state index in [0.717, 1.165) is 6.42 Å². The smallest absolute Gasteiger partial charge is 0.146 e. The molecule has 0 radical (unpaired) electrons. The first-order valence-corrected chi connectivity index (χ1v) is 7.30. The van der Waals surface area contributed by atoms with Gasteiger partial charge in [-0.15, -0.1) is 0 Å². The summed E-state index contributed by atoms with van der Waals surface area (Å²) in [5.74, 6) is -1.13. The van der Waals surface area contributed by atoms with Crippen LogP contribution in [0.3, 0.4) is 0 Å². The van der Waals surface area contributed by atoms with E-state index in [-0.39, 0.29) is 21.4 Å². The fourth-order valence-corrected chi connectivity index (χ4v) is 4.00. The first-order chi connectivity index (χ1) is 8.65. The van der Waals surface area contributed by atoms with E-state index in [0.29, 0.717) is 12.8 Å². The third-order valence-electron chi connectivity index (χ3n) is 3.87. The van der Waals surface area contributed by atoms with E-state index < -0.39 is 17.2 Å². The quantitative estimate of drug-likeness (QED) is 0.735. The lowest BCUT2D eigenvalue weighted by molar-refractivity contribution is -0.0680. The molecule has 1 aromatic rings. The summed E-state index contributed by atoms with van der Waals surface area (Å²) < 4.78 is 28.4. The molecule has 0 aliphatic heterocycles. The highest BCUT2D eigenvalue weighted by atomic mass is 79.9. The monoisotopic (exact) mass is 332 g/mol. The van der Waals surface area contributed by atoms with Gasteiger partial charge in [0.2, 0.25) is 0 Å². The van der Waals surface area contributed by atoms with Gasteiger partial charge in [-0.1, -0.05) is 20.8 Å². The van der Waals surface area contributed by atoms with Crippen molar-refractivity contribution in [2.24, 2.45) is 11.3 Å². The molecular weight excluding hydrogens is 314 g/mol. The second kappa shape index (κ2) is 4.81. The Bertz CT molecular complexity index is 501. The molecule has 19 heavy (non-hydrogen) atoms. The lowest BCUT2D eigenvalue weighted by Gasteiger charge is -2.45. The molecule has 0 heterocycles. The second-order valence-corrected chi connectivity index (χ2v) is 7.46. The van der Waals surface area contributed by atoms with Gasteiger partial charge >= 0.3 is 0 Å². The molecule has 106 valence electrons. The maximum atomic E-state index is 14.2. The molecule has 1 aliphatic rings. The lowest BCUT2D eigenvalue weighted by atomic mass is 9.63. The molecule has 4 heteroatoms. The van der Waals surface area contributed by atoms with Gasteiger partial charge in [-0.2, -0.15) is 0 Å². The van der Waals surface area contributed by atoms with E-state index >= 15 is 0 Å². The van der Waals surface area contributed by atoms with Crippen molar-refractivity contribution in [1.29, 1.82) is 0 Å². The minimum atomic E-state index is -1.43. The molecule has 0 amide bonds. The zero-order chi connectivity index (χ0) is 14.4. The number of rotatable bonds is 1. The van der Waals surface area contributed by atoms with Crippen molar-refractivity contribution in [3.63, 3.8) is 0 Å². The predicted molar refractivity (Wildman–Crippen MR) is 74.8 cm³/mol. The largest absolute Gasteiger partial charge is 0.385 e. The molecule has 1 saturated carbocycles. The Kier molecular flexibility index (Phi) is 3.78. The van der Waals surface area contributed by atoms with Gasteiger partial charge in [-0.05, 0) is 58.7 Å². The topological polar surface area (TPSA) is 20.2 Å². The van der Waals surface area contributed by atoms with E-state index in [1.807, 2.05) is 20.8 Å². The van der Waals surface area contributed by atoms with Gasteiger partial charge in [0.15, 0.2) is 0 Å². The van der Waals surface area contributed by atoms with Crippen LogP contribution in [0.4, 0.5) is 8.78 Å². The lowest BCUT2D eigenvalue weighted by Crippen LogP contribution is -2.41. The molecule has 1 fully saturated rings. The van der Waals surface area contributed by atoms with Crippen molar-refractivity contribution >= 4 is 15.9 Å². The van der Waals surface area contributed by atoms with E-state index in [1.165, 1.54) is 12.1 Å². The molecule has 2 atom stereocenters. The highest BCUT2D eigenvalue weighted by Gasteiger charge is 2.45. The van der Waals surface area contributed by atoms with Gasteiger partial charge in [0.05, 0.1) is 15.6 Å². The van der Waals surface area contributed by atoms with Crippen LogP contribution in [-0.2, 0) is 5.60 Å². The summed E-state index contributed by atoms with van der Waals surface area (Å²) in [7, 11) is 0. The van der Waals surface area contributed by atoms with Gasteiger partial charge in [0.1, 0.15) is 11.6 Å². The fraction of sp³-hybridized carbons (Fsp3) is 0.600. The number of benzene rings is 1. The summed E-state index contributed by atoms with van der Waals surface area (Å²) in [6.45, 7) is 6.07. The zero-order valence-corrected chi connectivity index (χ0v) is 13.0. The molecular formula is C15H19BrF2O. The van der Waals surface area contributed by atoms with Crippen LogP contribution in [0.2, 0.25) is 0 Å². The second-order valence-electron chi connectivity index (χ2n) is 6.60. The third-order valence-corrected chi connectivity index (χ3v) is 4.48. The van der Waals surface area contributed by atoms with Crippen molar-refractivity contribution in [3.8, 4) is 0 Å². The molecule has 1 aliphatic carbocycles. The van der Waals surface area contributed by atoms with Gasteiger partial charge in [0, 0.05) is 0 Å². The van der Waals surface area contributed by atoms with Crippen LogP contribution in [0.1, 0.15) is 45.6 Å². The maximum Gasteiger partial charge on any atom is 0.146 e. The van der Waals surface area contributed by atoms with Crippen LogP contribution in [-0.4, -0.2) is 5.11 Å². The first kappa shape index (κ1) is 14.9. The molecule has 1 aromatic carbocycles. The SMILES string of the molecule is CC1CC(C)(C)CC(O)(c2c(F)ccc(Br)c2F)C1. The first-order valence-electron chi connectivity index (χ1n) is 6.51. The molecule has 0 saturated heterocycles. The third kappa shape index (κ3) is 2.84. The van der Waals surface area contributed by atoms with Crippen LogP contribution in [0, 0.1) is 23.0 Å². The molecule has 0 bridgehead atoms. The van der Waals surface area contributed by atoms with Crippen molar-refractivity contribution < 1.29 is 13.9 Å². The Labute approximate surface area is 121 Å². The van der Waals surface area contributed by atoms with E-state index in [1.54, 1.807) is 0 Å². The van der Waals surface area contributed by atoms with Crippen LogP contribution in [0.25, 0.3) is 0 Å². The highest BCUT2D eigenvalue weighted by Crippen LogP contribution is 2.50. The number of hydrogen-bond acceptors (Lipinski definition) is 1. The maximum absolute atomic E-state index is 14.2. The molecule has 2 rings (SSSR count). The predicted octanol–water partition coefficient (Wildman–Crippen LogP) is 4.76. The summed E-state index contributed by atoms with van der Waals surface area (Å²) in [5.41, 5.74) is -1.76. The number of hydrogen-bond donors (Lipinski definition) is 1. The molecule has 0 spiro atoms. The fourth-order valence-electron chi connectivity index (χ4n) is 3.67. The van der Waals surface area contributed by atoms with Crippen molar-refractivity contribution in [2.45, 2.75) is 45.6 Å². The summed E-state index contributed by atoms with van der Waals surface area (Å²) in [5, 5.41) is 10.8. The normalized spacial score (nSPS) is 30.4. The Morgan fingerprint density at radius 1 is 1.26 bits per heavy atom. The van der Waals surface area contributed by atoms with E-state index in [9.17, 15) is 13.9 Å². The summed E-state index contributed by atoms with van der Waals surface area (Å²) >= 11 is 3.06. The Hall–Kier alpha value is -0.480. The standard InChI is InChI=1S/C15H19BrF2O/c1-9-6-14(2,3)8-15(19,7-9)12-11(17)5-4-10(16)13(12)18/h4-5,9,19H,6-8H2,1-3H3. The van der Waals surface area contributed by atoms with Gasteiger partial charge < -0.3 is 5.11 Å². The van der Waals surface area contributed by atoms with Gasteiger partial charge in [0.25, 0.3) is 0 Å². The van der Waals surface area contributed by atoms with Crippen LogP contribution < -0.4 is 0 Å². The number of aliphatic hydroxyl groups is 1. The zero-order valence-electron chi connectivity index (χ0n) is 11.4. The van der Waals surface area contributed by atoms with Crippen LogP contribution in [0.5, 0.6) is 0 Å². The summed E-state index contributed by atoms with van der Waals surface area (Å²) in [4.78, 5) is 0. The average Bonchev–Trinajstić information content (AvgIpc) is 2.20. The Morgan fingerprint density at radius 2 is 1.89 bits per heavy atom. The molecule has 1 N–H and O–H groups in total. The molecule has 0 aromatic heterocycles. The van der Waals surface area contributed by atoms with Crippen LogP contribution >= 0.6 is 15.9 Å². The number of halogens is 3. The minimum Gasteiger partial charge on any atom is -0.385 e. The highest BCUT2D eigenvalue weighted by molar-refractivity contribution is 9.10. The average molecular weight is 333 g/mol. The van der Waals surface area contributed by atoms with Crippen molar-refractivity contribution in [1.82, 2.24) is 0 Å².